The molecule has 1 saturated carbocycles. The molecule has 2 aromatic rings. The highest BCUT2D eigenvalue weighted by atomic mass is 16.2. The Kier molecular flexibility index (Phi) is 3.18. The molecule has 5 heteroatoms. The van der Waals surface area contributed by atoms with Crippen LogP contribution in [0.5, 0.6) is 0 Å². The van der Waals surface area contributed by atoms with Crippen molar-refractivity contribution < 1.29 is 4.79 Å². The third kappa shape index (κ3) is 2.03. The second-order valence-electron chi connectivity index (χ2n) is 6.74. The Bertz CT molecular complexity index is 723. The fraction of sp³-hybridized carbons (Fsp3) is 0.529. The first-order chi connectivity index (χ1) is 10.7. The second kappa shape index (κ2) is 5.09. The minimum absolute atomic E-state index is 0.178. The third-order valence-corrected chi connectivity index (χ3v) is 5.47. The number of imidazole rings is 1. The number of hydrogen-bond donors (Lipinski definition) is 2. The number of benzene rings is 1. The predicted molar refractivity (Wildman–Crippen MR) is 86.6 cm³/mol. The van der Waals surface area contributed by atoms with Gasteiger partial charge in [0, 0.05) is 19.3 Å². The highest BCUT2D eigenvalue weighted by Crippen LogP contribution is 2.44. The number of fused-ring (bicyclic) bond motifs is 2. The summed E-state index contributed by atoms with van der Waals surface area (Å²) in [5, 5.41) is 6.58. The van der Waals surface area contributed by atoms with Crippen LogP contribution in [0.25, 0.3) is 11.0 Å². The van der Waals surface area contributed by atoms with Crippen LogP contribution in [0.4, 0.5) is 5.69 Å². The first-order valence-corrected chi connectivity index (χ1v) is 8.12. The van der Waals surface area contributed by atoms with Crippen LogP contribution in [0, 0.1) is 11.3 Å². The van der Waals surface area contributed by atoms with Crippen molar-refractivity contribution in [3.8, 4) is 0 Å². The molecule has 2 heterocycles. The Morgan fingerprint density at radius 2 is 2.36 bits per heavy atom. The predicted octanol–water partition coefficient (Wildman–Crippen LogP) is 2.29. The van der Waals surface area contributed by atoms with Gasteiger partial charge in [0.2, 0.25) is 5.91 Å². The molecule has 22 heavy (non-hydrogen) atoms. The number of nitrogens with zero attached hydrogens (tertiary/aromatic N) is 2. The summed E-state index contributed by atoms with van der Waals surface area (Å²) in [6.07, 6.45) is 6.38. The molecule has 2 N–H and O–H groups in total. The van der Waals surface area contributed by atoms with Crippen molar-refractivity contribution in [2.45, 2.75) is 25.7 Å². The Hall–Kier alpha value is -1.88. The van der Waals surface area contributed by atoms with Crippen LogP contribution in [0.1, 0.15) is 25.7 Å². The Labute approximate surface area is 130 Å². The number of amides is 1. The van der Waals surface area contributed by atoms with Gasteiger partial charge in [-0.15, -0.1) is 0 Å². The monoisotopic (exact) mass is 298 g/mol. The second-order valence-corrected chi connectivity index (χ2v) is 6.74. The van der Waals surface area contributed by atoms with E-state index < -0.39 is 0 Å². The van der Waals surface area contributed by atoms with Crippen molar-refractivity contribution in [1.82, 2.24) is 14.9 Å². The van der Waals surface area contributed by atoms with Gasteiger partial charge in [0.15, 0.2) is 0 Å². The lowest BCUT2D eigenvalue weighted by molar-refractivity contribution is -0.128. The summed E-state index contributed by atoms with van der Waals surface area (Å²) in [6.45, 7) is 1.79. The number of aromatic nitrogens is 2. The van der Waals surface area contributed by atoms with Crippen molar-refractivity contribution in [2.75, 3.05) is 18.4 Å². The van der Waals surface area contributed by atoms with Crippen molar-refractivity contribution in [2.24, 2.45) is 18.4 Å². The van der Waals surface area contributed by atoms with E-state index in [0.29, 0.717) is 5.92 Å². The van der Waals surface area contributed by atoms with E-state index in [1.807, 2.05) is 29.8 Å². The van der Waals surface area contributed by atoms with Crippen LogP contribution in [0.2, 0.25) is 0 Å². The van der Waals surface area contributed by atoms with Gasteiger partial charge in [-0.05, 0) is 43.5 Å². The lowest BCUT2D eigenvalue weighted by Crippen LogP contribution is -2.44. The van der Waals surface area contributed by atoms with E-state index in [1.165, 1.54) is 12.8 Å². The summed E-state index contributed by atoms with van der Waals surface area (Å²) in [6, 6.07) is 5.95. The Morgan fingerprint density at radius 3 is 3.27 bits per heavy atom. The molecule has 116 valence electrons. The maximum absolute atomic E-state index is 12.9. The molecule has 2 atom stereocenters. The Morgan fingerprint density at radius 1 is 1.45 bits per heavy atom. The smallest absolute Gasteiger partial charge is 0.232 e. The molecule has 1 saturated heterocycles. The van der Waals surface area contributed by atoms with E-state index in [2.05, 4.69) is 15.6 Å². The van der Waals surface area contributed by atoms with Crippen LogP contribution < -0.4 is 10.6 Å². The zero-order valence-corrected chi connectivity index (χ0v) is 12.9. The van der Waals surface area contributed by atoms with Crippen molar-refractivity contribution in [1.29, 1.82) is 0 Å². The molecule has 2 aliphatic rings. The molecule has 4 rings (SSSR count). The van der Waals surface area contributed by atoms with E-state index in [1.54, 1.807) is 6.33 Å². The fourth-order valence-electron chi connectivity index (χ4n) is 4.16. The lowest BCUT2D eigenvalue weighted by Gasteiger charge is -2.37. The minimum atomic E-state index is -0.211. The number of rotatable bonds is 2. The van der Waals surface area contributed by atoms with Gasteiger partial charge in [0.1, 0.15) is 0 Å². The molecule has 0 spiro atoms. The molecule has 2 fully saturated rings. The normalized spacial score (nSPS) is 27.8. The Balaban J connectivity index is 1.59. The van der Waals surface area contributed by atoms with Crippen molar-refractivity contribution in [3.05, 3.63) is 24.5 Å². The average Bonchev–Trinajstić information content (AvgIpc) is 3.12. The number of carbonyl (C=O) groups excluding carboxylic acids is 1. The zero-order valence-electron chi connectivity index (χ0n) is 12.9. The summed E-state index contributed by atoms with van der Waals surface area (Å²) in [4.78, 5) is 17.3. The minimum Gasteiger partial charge on any atom is -0.334 e. The third-order valence-electron chi connectivity index (χ3n) is 5.47. The van der Waals surface area contributed by atoms with Gasteiger partial charge in [-0.1, -0.05) is 12.8 Å². The van der Waals surface area contributed by atoms with Crippen LogP contribution >= 0.6 is 0 Å². The summed E-state index contributed by atoms with van der Waals surface area (Å²) in [5.74, 6) is 0.664. The maximum Gasteiger partial charge on any atom is 0.232 e. The van der Waals surface area contributed by atoms with E-state index in [-0.39, 0.29) is 11.3 Å². The topological polar surface area (TPSA) is 59.0 Å². The van der Waals surface area contributed by atoms with Gasteiger partial charge in [-0.2, -0.15) is 0 Å². The van der Waals surface area contributed by atoms with Crippen molar-refractivity contribution >= 4 is 22.6 Å². The molecule has 0 unspecified atom stereocenters. The SMILES string of the molecule is Cn1cnc2cc(NC(=O)[C@@]34CCCC[C@H]3CNC4)ccc21. The van der Waals surface area contributed by atoms with Gasteiger partial charge in [0.25, 0.3) is 0 Å². The number of anilines is 1. The van der Waals surface area contributed by atoms with Crippen molar-refractivity contribution in [3.63, 3.8) is 0 Å². The van der Waals surface area contributed by atoms with Gasteiger partial charge in [-0.3, -0.25) is 4.79 Å². The largest absolute Gasteiger partial charge is 0.334 e. The molecular weight excluding hydrogens is 276 g/mol. The zero-order chi connectivity index (χ0) is 15.2. The molecule has 1 aromatic carbocycles. The average molecular weight is 298 g/mol. The van der Waals surface area contributed by atoms with Crippen LogP contribution in [0.15, 0.2) is 24.5 Å². The van der Waals surface area contributed by atoms with Crippen LogP contribution in [-0.4, -0.2) is 28.5 Å². The van der Waals surface area contributed by atoms with E-state index in [4.69, 9.17) is 0 Å². The highest BCUT2D eigenvalue weighted by molar-refractivity contribution is 5.97. The molecule has 1 aromatic heterocycles. The van der Waals surface area contributed by atoms with Gasteiger partial charge < -0.3 is 15.2 Å². The van der Waals surface area contributed by atoms with Gasteiger partial charge in [-0.25, -0.2) is 4.98 Å². The fourth-order valence-corrected chi connectivity index (χ4v) is 4.16. The standard InChI is InChI=1S/C17H22N4O/c1-21-11-19-14-8-13(5-6-15(14)21)20-16(22)17-7-3-2-4-12(17)9-18-10-17/h5-6,8,11-12,18H,2-4,7,9-10H2,1H3,(H,20,22)/t12-,17+/m0/s1. The lowest BCUT2D eigenvalue weighted by atomic mass is 9.67. The maximum atomic E-state index is 12.9. The van der Waals surface area contributed by atoms with Crippen LogP contribution in [-0.2, 0) is 11.8 Å². The molecule has 0 bridgehead atoms. The number of nitrogens with one attached hydrogen (secondary N) is 2. The molecule has 1 aliphatic carbocycles. The number of aryl methyl sites for hydroxylation is 1. The summed E-state index contributed by atoms with van der Waals surface area (Å²) in [7, 11) is 1.98. The molecule has 1 aliphatic heterocycles. The van der Waals surface area contributed by atoms with Crippen LogP contribution in [0.3, 0.4) is 0 Å². The first kappa shape index (κ1) is 13.8. The molecule has 5 nitrogen and oxygen atoms in total. The van der Waals surface area contributed by atoms with Gasteiger partial charge in [0.05, 0.1) is 22.8 Å². The summed E-state index contributed by atoms with van der Waals surface area (Å²) >= 11 is 0. The highest BCUT2D eigenvalue weighted by Gasteiger charge is 2.49. The summed E-state index contributed by atoms with van der Waals surface area (Å²) in [5.41, 5.74) is 2.63. The molecular formula is C17H22N4O. The van der Waals surface area contributed by atoms with E-state index in [0.717, 1.165) is 42.7 Å². The molecule has 0 radical (unpaired) electrons. The van der Waals surface area contributed by atoms with Gasteiger partial charge >= 0.3 is 0 Å². The quantitative estimate of drug-likeness (QED) is 0.894. The molecule has 1 amide bonds. The van der Waals surface area contributed by atoms with E-state index >= 15 is 0 Å². The first-order valence-electron chi connectivity index (χ1n) is 8.12. The number of carbonyl (C=O) groups is 1. The number of hydrogen-bond acceptors (Lipinski definition) is 3. The van der Waals surface area contributed by atoms with E-state index in [9.17, 15) is 4.79 Å². The summed E-state index contributed by atoms with van der Waals surface area (Å²) < 4.78 is 1.98.